The molecule has 12 nitrogen and oxygen atoms in total. The van der Waals surface area contributed by atoms with E-state index in [9.17, 15) is 13.7 Å². The molecular weight excluding hydrogens is 455 g/mol. The fourth-order valence-electron chi connectivity index (χ4n) is 1.15. The maximum Gasteiger partial charge on any atom is 0.488 e. The Morgan fingerprint density at radius 2 is 1.19 bits per heavy atom. The highest BCUT2D eigenvalue weighted by molar-refractivity contribution is 7.78. The Balaban J connectivity index is 1.86. The fraction of sp³-hybridized carbons (Fsp3) is 0.333. The van der Waals surface area contributed by atoms with E-state index in [2.05, 4.69) is 19.7 Å². The molecule has 0 spiro atoms. The van der Waals surface area contributed by atoms with E-state index in [0.717, 1.165) is 0 Å². The van der Waals surface area contributed by atoms with E-state index in [4.69, 9.17) is 39.4 Å². The molecule has 0 aromatic rings. The predicted molar refractivity (Wildman–Crippen MR) is 91.6 cm³/mol. The SMILES string of the molecule is C=CCOP1(=O)OP(OP(=O)(OCC=C)OP2OP(=O)(OCC=C)O2)O1. The smallest absolute Gasteiger partial charge is 0.282 e. The van der Waals surface area contributed by atoms with E-state index < -0.39 is 40.7 Å². The van der Waals surface area contributed by atoms with Crippen LogP contribution in [-0.4, -0.2) is 19.8 Å². The van der Waals surface area contributed by atoms with Crippen LogP contribution in [0.2, 0.25) is 0 Å². The Morgan fingerprint density at radius 3 is 1.54 bits per heavy atom. The molecule has 2 aliphatic heterocycles. The minimum Gasteiger partial charge on any atom is -0.282 e. The first-order chi connectivity index (χ1) is 12.3. The lowest BCUT2D eigenvalue weighted by molar-refractivity contribution is 0.141. The van der Waals surface area contributed by atoms with Crippen molar-refractivity contribution >= 4 is 40.7 Å². The molecule has 26 heavy (non-hydrogen) atoms. The van der Waals surface area contributed by atoms with Gasteiger partial charge >= 0.3 is 40.7 Å². The second-order valence-electron chi connectivity index (χ2n) is 4.03. The van der Waals surface area contributed by atoms with Crippen LogP contribution in [0.5, 0.6) is 0 Å². The van der Waals surface area contributed by atoms with Gasteiger partial charge in [0.25, 0.3) is 0 Å². The standard InChI is InChI=1S/C9H15O12P5/c1-4-7-13-24(10)16-22(17-24)20-26(12,15-9-6-3)21-23-18-25(11,19-23)14-8-5-2/h4-6H,1-3,7-9H2. The minimum absolute atomic E-state index is 0.0887. The Kier molecular flexibility index (Phi) is 8.51. The van der Waals surface area contributed by atoms with Crippen LogP contribution < -0.4 is 0 Å². The molecule has 0 amide bonds. The molecule has 17 heteroatoms. The first-order valence-electron chi connectivity index (χ1n) is 6.60. The van der Waals surface area contributed by atoms with Crippen molar-refractivity contribution < 1.29 is 53.1 Å². The van der Waals surface area contributed by atoms with E-state index in [0.29, 0.717) is 0 Å². The lowest BCUT2D eigenvalue weighted by Gasteiger charge is -2.34. The lowest BCUT2D eigenvalue weighted by atomic mass is 10.7. The molecule has 2 rings (SSSR count). The van der Waals surface area contributed by atoms with Crippen molar-refractivity contribution in [1.82, 2.24) is 0 Å². The number of hydrogen-bond donors (Lipinski definition) is 0. The lowest BCUT2D eigenvalue weighted by Crippen LogP contribution is -2.10. The Bertz CT molecular complexity index is 612. The molecule has 0 aromatic heterocycles. The molecule has 0 bridgehead atoms. The second-order valence-corrected chi connectivity index (χ2v) is 12.3. The fourth-order valence-corrected chi connectivity index (χ4v) is 9.10. The molecule has 2 heterocycles. The van der Waals surface area contributed by atoms with Gasteiger partial charge in [-0.1, -0.05) is 18.2 Å². The maximum atomic E-state index is 12.5. The molecular formula is C9H15O12P5. The van der Waals surface area contributed by atoms with Gasteiger partial charge in [-0.3, -0.25) is 13.6 Å². The van der Waals surface area contributed by atoms with Crippen LogP contribution in [0.15, 0.2) is 38.0 Å². The summed E-state index contributed by atoms with van der Waals surface area (Å²) in [6.07, 6.45) is 3.92. The monoisotopic (exact) mass is 470 g/mol. The van der Waals surface area contributed by atoms with Crippen LogP contribution in [0.25, 0.3) is 0 Å². The van der Waals surface area contributed by atoms with Crippen molar-refractivity contribution in [2.45, 2.75) is 0 Å². The third-order valence-corrected chi connectivity index (χ3v) is 11.4. The van der Waals surface area contributed by atoms with Gasteiger partial charge < -0.3 is 0 Å². The quantitative estimate of drug-likeness (QED) is 0.249. The molecule has 0 atom stereocenters. The van der Waals surface area contributed by atoms with Crippen molar-refractivity contribution in [2.75, 3.05) is 19.8 Å². The van der Waals surface area contributed by atoms with E-state index in [1.54, 1.807) is 0 Å². The summed E-state index contributed by atoms with van der Waals surface area (Å²) in [6, 6.07) is 0. The van der Waals surface area contributed by atoms with Crippen LogP contribution in [0.3, 0.4) is 0 Å². The normalized spacial score (nSPS) is 35.5. The van der Waals surface area contributed by atoms with Crippen LogP contribution in [-0.2, 0) is 53.1 Å². The summed E-state index contributed by atoms with van der Waals surface area (Å²) >= 11 is 0. The van der Waals surface area contributed by atoms with Crippen LogP contribution >= 0.6 is 40.7 Å². The molecule has 0 aromatic carbocycles. The van der Waals surface area contributed by atoms with E-state index >= 15 is 0 Å². The summed E-state index contributed by atoms with van der Waals surface area (Å²) in [5, 5.41) is 0. The van der Waals surface area contributed by atoms with Crippen molar-refractivity contribution in [3.63, 3.8) is 0 Å². The van der Waals surface area contributed by atoms with Gasteiger partial charge in [-0.15, -0.1) is 19.7 Å². The summed E-state index contributed by atoms with van der Waals surface area (Å²) in [6.45, 7) is 9.71. The highest BCUT2D eigenvalue weighted by atomic mass is 31.4. The van der Waals surface area contributed by atoms with Crippen LogP contribution in [0.4, 0.5) is 0 Å². The molecule has 148 valence electrons. The molecule has 2 saturated heterocycles. The zero-order chi connectivity index (χ0) is 19.3. The zero-order valence-corrected chi connectivity index (χ0v) is 17.6. The highest BCUT2D eigenvalue weighted by Gasteiger charge is 2.56. The number of rotatable bonds is 13. The summed E-state index contributed by atoms with van der Waals surface area (Å²) in [7, 11) is -16.6. The van der Waals surface area contributed by atoms with Gasteiger partial charge in [0.05, 0.1) is 19.8 Å². The van der Waals surface area contributed by atoms with E-state index in [1.807, 2.05) is 0 Å². The molecule has 2 aliphatic rings. The molecule has 0 saturated carbocycles. The highest BCUT2D eigenvalue weighted by Crippen LogP contribution is 2.86. The Morgan fingerprint density at radius 1 is 0.808 bits per heavy atom. The van der Waals surface area contributed by atoms with Gasteiger partial charge in [0.15, 0.2) is 0 Å². The third-order valence-electron chi connectivity index (χ3n) is 2.05. The summed E-state index contributed by atoms with van der Waals surface area (Å²) in [4.78, 5) is 0. The van der Waals surface area contributed by atoms with Crippen LogP contribution in [0.1, 0.15) is 0 Å². The van der Waals surface area contributed by atoms with E-state index in [-0.39, 0.29) is 19.8 Å². The van der Waals surface area contributed by atoms with Crippen LogP contribution in [0, 0.1) is 0 Å². The van der Waals surface area contributed by atoms with Gasteiger partial charge in [-0.25, -0.2) is 39.6 Å². The molecule has 2 fully saturated rings. The van der Waals surface area contributed by atoms with Crippen molar-refractivity contribution in [3.05, 3.63) is 38.0 Å². The topological polar surface area (TPSA) is 134 Å². The average molecular weight is 470 g/mol. The van der Waals surface area contributed by atoms with Gasteiger partial charge in [0.2, 0.25) is 0 Å². The maximum absolute atomic E-state index is 12.5. The Labute approximate surface area is 152 Å². The van der Waals surface area contributed by atoms with Crippen molar-refractivity contribution in [1.29, 1.82) is 0 Å². The van der Waals surface area contributed by atoms with Gasteiger partial charge in [-0.05, 0) is 0 Å². The van der Waals surface area contributed by atoms with Gasteiger partial charge in [0, 0.05) is 0 Å². The Hall–Kier alpha value is 0.410. The molecule has 0 N–H and O–H groups in total. The zero-order valence-electron chi connectivity index (χ0n) is 13.1. The van der Waals surface area contributed by atoms with Gasteiger partial charge in [-0.2, -0.15) is 0 Å². The number of phosphoric acid groups is 3. The summed E-state index contributed by atoms with van der Waals surface area (Å²) in [5.74, 6) is 0. The van der Waals surface area contributed by atoms with Gasteiger partial charge in [0.1, 0.15) is 0 Å². The first kappa shape index (κ1) is 22.7. The molecule has 0 unspecified atom stereocenters. The van der Waals surface area contributed by atoms with Crippen molar-refractivity contribution in [2.24, 2.45) is 0 Å². The summed E-state index contributed by atoms with van der Waals surface area (Å²) < 4.78 is 79.5. The predicted octanol–water partition coefficient (Wildman–Crippen LogP) is 5.50. The van der Waals surface area contributed by atoms with Crippen molar-refractivity contribution in [3.8, 4) is 0 Å². The minimum atomic E-state index is -4.35. The average Bonchev–Trinajstić information content (AvgIpc) is 2.53. The summed E-state index contributed by atoms with van der Waals surface area (Å²) in [5.41, 5.74) is 0. The number of hydrogen-bond acceptors (Lipinski definition) is 12. The molecule has 0 aliphatic carbocycles. The first-order valence-corrected chi connectivity index (χ1v) is 13.2. The third kappa shape index (κ3) is 6.49. The largest absolute Gasteiger partial charge is 0.488 e. The van der Waals surface area contributed by atoms with E-state index in [1.165, 1.54) is 18.2 Å². The second kappa shape index (κ2) is 9.75. The molecule has 0 radical (unpaired) electrons.